The van der Waals surface area contributed by atoms with E-state index in [0.717, 1.165) is 5.75 Å². The molecule has 0 aliphatic heterocycles. The van der Waals surface area contributed by atoms with Crippen molar-refractivity contribution in [3.8, 4) is 0 Å². The van der Waals surface area contributed by atoms with Gasteiger partial charge in [-0.25, -0.2) is 0 Å². The summed E-state index contributed by atoms with van der Waals surface area (Å²) in [5.41, 5.74) is 0. The minimum absolute atomic E-state index is 0.379. The minimum atomic E-state index is -0.682. The monoisotopic (exact) mass is 219 g/mol. The molecule has 0 aromatic rings. The summed E-state index contributed by atoms with van der Waals surface area (Å²) in [5, 5.41) is 3.56. The van der Waals surface area contributed by atoms with Crippen molar-refractivity contribution in [2.45, 2.75) is 58.5 Å². The van der Waals surface area contributed by atoms with Crippen molar-refractivity contribution in [1.82, 2.24) is 5.32 Å². The molecular weight excluding hydrogens is 194 g/mol. The van der Waals surface area contributed by atoms with Crippen LogP contribution in [0.1, 0.15) is 46.5 Å². The first-order valence-electron chi connectivity index (χ1n) is 5.66. The topological polar surface area (TPSA) is 29.1 Å². The van der Waals surface area contributed by atoms with Crippen LogP contribution in [0.15, 0.2) is 0 Å². The van der Waals surface area contributed by atoms with Gasteiger partial charge in [0.05, 0.1) is 0 Å². The molecule has 0 fully saturated rings. The van der Waals surface area contributed by atoms with E-state index in [-0.39, 0.29) is 0 Å². The minimum Gasteiger partial charge on any atom is -0.311 e. The zero-order valence-electron chi connectivity index (χ0n) is 10.0. The molecule has 0 aliphatic rings. The van der Waals surface area contributed by atoms with Crippen molar-refractivity contribution in [3.05, 3.63) is 0 Å². The molecule has 14 heavy (non-hydrogen) atoms. The van der Waals surface area contributed by atoms with Gasteiger partial charge in [-0.15, -0.1) is 0 Å². The van der Waals surface area contributed by atoms with Crippen LogP contribution in [-0.2, 0) is 10.8 Å². The Morgan fingerprint density at radius 2 is 1.71 bits per heavy atom. The molecule has 0 aliphatic carbocycles. The average molecular weight is 219 g/mol. The molecule has 0 amide bonds. The van der Waals surface area contributed by atoms with Crippen LogP contribution in [0.4, 0.5) is 0 Å². The maximum Gasteiger partial charge on any atom is 0.0383 e. The Labute approximate surface area is 91.3 Å². The normalized spacial score (nSPS) is 15.8. The smallest absolute Gasteiger partial charge is 0.0383 e. The molecule has 86 valence electrons. The number of nitrogens with one attached hydrogen (secondary N) is 1. The molecule has 1 N–H and O–H groups in total. The van der Waals surface area contributed by atoms with E-state index in [1.807, 2.05) is 0 Å². The highest BCUT2D eigenvalue weighted by atomic mass is 32.2. The lowest BCUT2D eigenvalue weighted by molar-refractivity contribution is 0.411. The summed E-state index contributed by atoms with van der Waals surface area (Å²) < 4.78 is 11.0. The lowest BCUT2D eigenvalue weighted by Crippen LogP contribution is -2.39. The van der Waals surface area contributed by atoms with E-state index in [4.69, 9.17) is 0 Å². The van der Waals surface area contributed by atoms with Crippen LogP contribution < -0.4 is 5.32 Å². The Morgan fingerprint density at radius 1 is 1.21 bits per heavy atom. The predicted octanol–water partition coefficient (Wildman–Crippen LogP) is 2.31. The Bertz CT molecular complexity index is 155. The molecule has 0 aromatic carbocycles. The molecule has 2 unspecified atom stereocenters. The fourth-order valence-electron chi connectivity index (χ4n) is 1.81. The van der Waals surface area contributed by atoms with Gasteiger partial charge in [-0.2, -0.15) is 0 Å². The lowest BCUT2D eigenvalue weighted by atomic mass is 10.1. The van der Waals surface area contributed by atoms with Crippen molar-refractivity contribution in [2.24, 2.45) is 0 Å². The molecule has 0 saturated carbocycles. The molecule has 0 heterocycles. The summed E-state index contributed by atoms with van der Waals surface area (Å²) in [6, 6.07) is 0.993. The highest BCUT2D eigenvalue weighted by Crippen LogP contribution is 2.05. The highest BCUT2D eigenvalue weighted by Gasteiger charge is 2.11. The van der Waals surface area contributed by atoms with E-state index < -0.39 is 10.8 Å². The summed E-state index contributed by atoms with van der Waals surface area (Å²) in [5.74, 6) is 0.768. The Hall–Kier alpha value is 0.110. The van der Waals surface area contributed by atoms with E-state index in [1.165, 1.54) is 25.7 Å². The highest BCUT2D eigenvalue weighted by molar-refractivity contribution is 7.84. The molecule has 0 bridgehead atoms. The molecule has 2 nitrogen and oxygen atoms in total. The van der Waals surface area contributed by atoms with Crippen LogP contribution in [-0.4, -0.2) is 28.3 Å². The van der Waals surface area contributed by atoms with Gasteiger partial charge in [0.1, 0.15) is 0 Å². The summed E-state index contributed by atoms with van der Waals surface area (Å²) in [7, 11) is -0.682. The van der Waals surface area contributed by atoms with Crippen LogP contribution in [0.2, 0.25) is 0 Å². The van der Waals surface area contributed by atoms with Crippen LogP contribution >= 0.6 is 0 Å². The van der Waals surface area contributed by atoms with E-state index in [0.29, 0.717) is 12.1 Å². The van der Waals surface area contributed by atoms with Crippen molar-refractivity contribution >= 4 is 10.8 Å². The van der Waals surface area contributed by atoms with E-state index in [2.05, 4.69) is 26.1 Å². The molecule has 0 rings (SSSR count). The third-order valence-electron chi connectivity index (χ3n) is 2.28. The summed E-state index contributed by atoms with van der Waals surface area (Å²) in [4.78, 5) is 0. The molecule has 0 aromatic heterocycles. The Balaban J connectivity index is 3.81. The van der Waals surface area contributed by atoms with Gasteiger partial charge < -0.3 is 5.32 Å². The summed E-state index contributed by atoms with van der Waals surface area (Å²) in [6.07, 6.45) is 6.68. The second-order valence-electron chi connectivity index (χ2n) is 4.08. The van der Waals surface area contributed by atoms with Crippen molar-refractivity contribution in [3.63, 3.8) is 0 Å². The fraction of sp³-hybridized carbons (Fsp3) is 1.00. The second kappa shape index (κ2) is 8.42. The third kappa shape index (κ3) is 7.51. The predicted molar refractivity (Wildman–Crippen MR) is 65.1 cm³/mol. The second-order valence-corrected chi connectivity index (χ2v) is 5.56. The van der Waals surface area contributed by atoms with Gasteiger partial charge in [-0.3, -0.25) is 4.21 Å². The summed E-state index contributed by atoms with van der Waals surface area (Å²) >= 11 is 0. The quantitative estimate of drug-likeness (QED) is 0.679. The molecule has 0 spiro atoms. The first-order chi connectivity index (χ1) is 6.60. The standard InChI is InChI=1S/C11H25NOS/c1-5-7-11(8-6-2)12-10(3)9-14(4)13/h10-12H,5-9H2,1-4H3. The van der Waals surface area contributed by atoms with Gasteiger partial charge in [0.15, 0.2) is 0 Å². The molecule has 0 radical (unpaired) electrons. The molecule has 2 atom stereocenters. The van der Waals surface area contributed by atoms with Crippen LogP contribution in [0, 0.1) is 0 Å². The SMILES string of the molecule is CCCC(CCC)NC(C)CS(C)=O. The number of rotatable bonds is 8. The third-order valence-corrected chi connectivity index (χ3v) is 3.25. The number of hydrogen-bond acceptors (Lipinski definition) is 2. The van der Waals surface area contributed by atoms with E-state index in [9.17, 15) is 4.21 Å². The zero-order valence-corrected chi connectivity index (χ0v) is 10.8. The van der Waals surface area contributed by atoms with E-state index >= 15 is 0 Å². The number of hydrogen-bond donors (Lipinski definition) is 1. The van der Waals surface area contributed by atoms with Crippen molar-refractivity contribution in [2.75, 3.05) is 12.0 Å². The zero-order chi connectivity index (χ0) is 11.0. The molecule has 0 saturated heterocycles. The van der Waals surface area contributed by atoms with Gasteiger partial charge in [-0.1, -0.05) is 26.7 Å². The van der Waals surface area contributed by atoms with Gasteiger partial charge in [0.25, 0.3) is 0 Å². The van der Waals surface area contributed by atoms with Crippen LogP contribution in [0.3, 0.4) is 0 Å². The maximum absolute atomic E-state index is 11.0. The lowest BCUT2D eigenvalue weighted by Gasteiger charge is -2.22. The van der Waals surface area contributed by atoms with Crippen molar-refractivity contribution < 1.29 is 4.21 Å². The fourth-order valence-corrected chi connectivity index (χ4v) is 2.61. The van der Waals surface area contributed by atoms with Crippen LogP contribution in [0.5, 0.6) is 0 Å². The van der Waals surface area contributed by atoms with Crippen molar-refractivity contribution in [1.29, 1.82) is 0 Å². The summed E-state index contributed by atoms with van der Waals surface area (Å²) in [6.45, 7) is 6.56. The Kier molecular flexibility index (Phi) is 8.49. The van der Waals surface area contributed by atoms with Gasteiger partial charge in [0.2, 0.25) is 0 Å². The van der Waals surface area contributed by atoms with Crippen LogP contribution in [0.25, 0.3) is 0 Å². The van der Waals surface area contributed by atoms with Gasteiger partial charge in [-0.05, 0) is 19.8 Å². The largest absolute Gasteiger partial charge is 0.311 e. The molecule has 3 heteroatoms. The first-order valence-corrected chi connectivity index (χ1v) is 7.38. The van der Waals surface area contributed by atoms with E-state index in [1.54, 1.807) is 6.26 Å². The van der Waals surface area contributed by atoms with Gasteiger partial charge in [0, 0.05) is 34.9 Å². The average Bonchev–Trinajstić information content (AvgIpc) is 2.03. The molecular formula is C11H25NOS. The Morgan fingerprint density at radius 3 is 2.07 bits per heavy atom. The first kappa shape index (κ1) is 14.1. The maximum atomic E-state index is 11.0. The van der Waals surface area contributed by atoms with Gasteiger partial charge >= 0.3 is 0 Å².